The molecule has 10 rings (SSSR count). The lowest BCUT2D eigenvalue weighted by Crippen LogP contribution is -1.93. The Hall–Kier alpha value is -6.24. The Kier molecular flexibility index (Phi) is 5.98. The summed E-state index contributed by atoms with van der Waals surface area (Å²) in [6.45, 7) is 0. The van der Waals surface area contributed by atoms with Crippen molar-refractivity contribution in [1.82, 2.24) is 0 Å². The quantitative estimate of drug-likeness (QED) is 0.138. The summed E-state index contributed by atoms with van der Waals surface area (Å²) in [7, 11) is 0. The highest BCUT2D eigenvalue weighted by Gasteiger charge is 2.20. The number of hydrogen-bond acceptors (Lipinski definition) is 0. The average Bonchev–Trinajstić information content (AvgIpc) is 3.16. The molecule has 0 heteroatoms. The highest BCUT2D eigenvalue weighted by atomic mass is 14.2. The van der Waals surface area contributed by atoms with E-state index in [9.17, 15) is 0 Å². The van der Waals surface area contributed by atoms with Crippen molar-refractivity contribution in [2.24, 2.45) is 0 Å². The Bertz CT molecular complexity index is 2750. The first-order chi connectivity index (χ1) is 23.8. The normalized spacial score (nSPS) is 11.8. The largest absolute Gasteiger partial charge is 0.0622 e. The Morgan fingerprint density at radius 3 is 1.44 bits per heavy atom. The molecule has 0 aliphatic rings. The summed E-state index contributed by atoms with van der Waals surface area (Å²) in [6, 6.07) is 67.0. The number of benzene rings is 10. The molecular weight excluding hydrogens is 577 g/mol. The van der Waals surface area contributed by atoms with Gasteiger partial charge in [-0.25, -0.2) is 0 Å². The van der Waals surface area contributed by atoms with Gasteiger partial charge in [0, 0.05) is 0 Å². The van der Waals surface area contributed by atoms with E-state index >= 15 is 0 Å². The molecule has 0 aliphatic heterocycles. The van der Waals surface area contributed by atoms with E-state index < -0.39 is 0 Å². The standard InChI is InChI=1S/C48H30/c1-2-12-31(13-3-1)35-16-11-17-36(30-35)46-40-20-6-8-22-42(40)48(43-23-9-7-21-41(43)46)39-19-5-4-18-37(39)38-28-26-34-25-24-32-14-10-15-33-27-29-44(38)47(34)45(32)33/h1-30H. The van der Waals surface area contributed by atoms with Crippen LogP contribution in [-0.4, -0.2) is 0 Å². The molecule has 222 valence electrons. The number of hydrogen-bond donors (Lipinski definition) is 0. The molecule has 0 bridgehead atoms. The molecule has 0 nitrogen and oxygen atoms in total. The van der Waals surface area contributed by atoms with Gasteiger partial charge in [-0.2, -0.15) is 0 Å². The Labute approximate surface area is 279 Å². The summed E-state index contributed by atoms with van der Waals surface area (Å²) in [6.07, 6.45) is 0. The van der Waals surface area contributed by atoms with Crippen LogP contribution in [-0.2, 0) is 0 Å². The molecule has 0 atom stereocenters. The predicted octanol–water partition coefficient (Wildman–Crippen LogP) is 13.6. The maximum absolute atomic E-state index is 2.35. The molecule has 0 aromatic heterocycles. The van der Waals surface area contributed by atoms with Gasteiger partial charge < -0.3 is 0 Å². The lowest BCUT2D eigenvalue weighted by Gasteiger charge is -2.21. The highest BCUT2D eigenvalue weighted by molar-refractivity contribution is 6.27. The Morgan fingerprint density at radius 2 is 0.729 bits per heavy atom. The smallest absolute Gasteiger partial charge is 0.00201 e. The minimum atomic E-state index is 1.23. The monoisotopic (exact) mass is 606 g/mol. The molecule has 0 spiro atoms. The van der Waals surface area contributed by atoms with Gasteiger partial charge in [-0.1, -0.05) is 176 Å². The fourth-order valence-electron chi connectivity index (χ4n) is 8.12. The zero-order chi connectivity index (χ0) is 31.6. The predicted molar refractivity (Wildman–Crippen MR) is 207 cm³/mol. The van der Waals surface area contributed by atoms with Crippen LogP contribution >= 0.6 is 0 Å². The van der Waals surface area contributed by atoms with Crippen molar-refractivity contribution in [3.8, 4) is 44.5 Å². The summed E-state index contributed by atoms with van der Waals surface area (Å²) in [5.74, 6) is 0. The van der Waals surface area contributed by atoms with Crippen LogP contribution in [0.2, 0.25) is 0 Å². The van der Waals surface area contributed by atoms with Crippen molar-refractivity contribution < 1.29 is 0 Å². The van der Waals surface area contributed by atoms with E-state index in [1.807, 2.05) is 0 Å². The minimum Gasteiger partial charge on any atom is -0.0622 e. The van der Waals surface area contributed by atoms with Crippen molar-refractivity contribution in [3.05, 3.63) is 182 Å². The highest BCUT2D eigenvalue weighted by Crippen LogP contribution is 2.48. The molecule has 0 saturated heterocycles. The summed E-state index contributed by atoms with van der Waals surface area (Å²) in [5.41, 5.74) is 10.0. The van der Waals surface area contributed by atoms with Crippen molar-refractivity contribution in [3.63, 3.8) is 0 Å². The molecule has 0 N–H and O–H groups in total. The number of fused-ring (bicyclic) bond motifs is 2. The van der Waals surface area contributed by atoms with Crippen LogP contribution in [0.3, 0.4) is 0 Å². The van der Waals surface area contributed by atoms with Crippen molar-refractivity contribution >= 4 is 53.9 Å². The van der Waals surface area contributed by atoms with Gasteiger partial charge in [-0.05, 0) is 104 Å². The molecule has 10 aromatic rings. The zero-order valence-corrected chi connectivity index (χ0v) is 26.3. The molecule has 0 fully saturated rings. The number of rotatable bonds is 4. The van der Waals surface area contributed by atoms with E-state index in [1.54, 1.807) is 0 Å². The Balaban J connectivity index is 1.27. The van der Waals surface area contributed by atoms with Gasteiger partial charge in [-0.3, -0.25) is 0 Å². The van der Waals surface area contributed by atoms with Gasteiger partial charge in [0.2, 0.25) is 0 Å². The summed E-state index contributed by atoms with van der Waals surface area (Å²) in [5, 5.41) is 12.9. The van der Waals surface area contributed by atoms with Gasteiger partial charge in [0.25, 0.3) is 0 Å². The molecule has 0 saturated carbocycles. The van der Waals surface area contributed by atoms with E-state index in [0.29, 0.717) is 0 Å². The van der Waals surface area contributed by atoms with Crippen LogP contribution in [0.5, 0.6) is 0 Å². The Morgan fingerprint density at radius 1 is 0.229 bits per heavy atom. The third-order valence-electron chi connectivity index (χ3n) is 10.2. The van der Waals surface area contributed by atoms with Gasteiger partial charge in [-0.15, -0.1) is 0 Å². The first-order valence-corrected chi connectivity index (χ1v) is 16.7. The first-order valence-electron chi connectivity index (χ1n) is 16.7. The summed E-state index contributed by atoms with van der Waals surface area (Å²) >= 11 is 0. The fourth-order valence-corrected chi connectivity index (χ4v) is 8.12. The second-order valence-corrected chi connectivity index (χ2v) is 12.8. The molecule has 48 heavy (non-hydrogen) atoms. The van der Waals surface area contributed by atoms with E-state index in [-0.39, 0.29) is 0 Å². The van der Waals surface area contributed by atoms with Crippen LogP contribution in [0.15, 0.2) is 182 Å². The lowest BCUT2D eigenvalue weighted by atomic mass is 9.82. The van der Waals surface area contributed by atoms with E-state index in [4.69, 9.17) is 0 Å². The van der Waals surface area contributed by atoms with E-state index in [0.717, 1.165) is 0 Å². The molecule has 10 aromatic carbocycles. The maximum Gasteiger partial charge on any atom is -0.00201 e. The molecule has 0 aliphatic carbocycles. The van der Waals surface area contributed by atoms with Crippen molar-refractivity contribution in [1.29, 1.82) is 0 Å². The minimum absolute atomic E-state index is 1.23. The van der Waals surface area contributed by atoms with Gasteiger partial charge in [0.1, 0.15) is 0 Å². The van der Waals surface area contributed by atoms with Gasteiger partial charge in [0.15, 0.2) is 0 Å². The maximum atomic E-state index is 2.35. The van der Waals surface area contributed by atoms with Crippen LogP contribution in [0.1, 0.15) is 0 Å². The second-order valence-electron chi connectivity index (χ2n) is 12.8. The topological polar surface area (TPSA) is 0 Å². The lowest BCUT2D eigenvalue weighted by molar-refractivity contribution is 1.61. The van der Waals surface area contributed by atoms with Crippen LogP contribution < -0.4 is 0 Å². The average molecular weight is 607 g/mol. The SMILES string of the molecule is c1ccc(-c2cccc(-c3c4ccccc4c(-c4ccccc4-c4ccc5ccc6cccc7ccc4c5c67)c4ccccc34)c2)cc1. The van der Waals surface area contributed by atoms with Crippen LogP contribution in [0.4, 0.5) is 0 Å². The first kappa shape index (κ1) is 26.9. The summed E-state index contributed by atoms with van der Waals surface area (Å²) in [4.78, 5) is 0. The van der Waals surface area contributed by atoms with Gasteiger partial charge >= 0.3 is 0 Å². The zero-order valence-electron chi connectivity index (χ0n) is 26.3. The van der Waals surface area contributed by atoms with Crippen LogP contribution in [0, 0.1) is 0 Å². The van der Waals surface area contributed by atoms with E-state index in [2.05, 4.69) is 182 Å². The van der Waals surface area contributed by atoms with Crippen molar-refractivity contribution in [2.75, 3.05) is 0 Å². The van der Waals surface area contributed by atoms with Crippen molar-refractivity contribution in [2.45, 2.75) is 0 Å². The fraction of sp³-hybridized carbons (Fsp3) is 0. The molecular formula is C48H30. The third kappa shape index (κ3) is 4.03. The summed E-state index contributed by atoms with van der Waals surface area (Å²) < 4.78 is 0. The van der Waals surface area contributed by atoms with Crippen LogP contribution in [0.25, 0.3) is 98.4 Å². The molecule has 0 radical (unpaired) electrons. The van der Waals surface area contributed by atoms with E-state index in [1.165, 1.54) is 98.4 Å². The second kappa shape index (κ2) is 10.7. The molecule has 0 amide bonds. The molecule has 0 unspecified atom stereocenters. The van der Waals surface area contributed by atoms with Gasteiger partial charge in [0.05, 0.1) is 0 Å². The third-order valence-corrected chi connectivity index (χ3v) is 10.2. The molecule has 0 heterocycles.